The molecule has 2 aromatic rings. The third-order valence-corrected chi connectivity index (χ3v) is 2.75. The molecule has 88 valence electrons. The standard InChI is InChI=1S/C14H14ClNO/c1-2-17-13-5-3-12(4-6-13)14-9-11(10-15)7-8-16-14/h3-9H,2,10H2,1H3. The minimum atomic E-state index is 0.506. The second kappa shape index (κ2) is 5.69. The van der Waals surface area contributed by atoms with Crippen LogP contribution in [0.3, 0.4) is 0 Å². The number of ether oxygens (including phenoxy) is 1. The van der Waals surface area contributed by atoms with E-state index in [0.717, 1.165) is 22.6 Å². The van der Waals surface area contributed by atoms with Crippen molar-refractivity contribution in [2.75, 3.05) is 6.61 Å². The summed E-state index contributed by atoms with van der Waals surface area (Å²) in [6.45, 7) is 2.65. The van der Waals surface area contributed by atoms with Gasteiger partial charge in [-0.05, 0) is 48.9 Å². The maximum absolute atomic E-state index is 5.81. The molecule has 2 nitrogen and oxygen atoms in total. The molecule has 17 heavy (non-hydrogen) atoms. The van der Waals surface area contributed by atoms with Crippen LogP contribution in [-0.4, -0.2) is 11.6 Å². The van der Waals surface area contributed by atoms with E-state index < -0.39 is 0 Å². The van der Waals surface area contributed by atoms with Crippen molar-refractivity contribution in [2.24, 2.45) is 0 Å². The van der Waals surface area contributed by atoms with E-state index in [4.69, 9.17) is 16.3 Å². The van der Waals surface area contributed by atoms with Gasteiger partial charge in [-0.3, -0.25) is 4.98 Å². The van der Waals surface area contributed by atoms with Crippen LogP contribution in [0, 0.1) is 0 Å². The molecular formula is C14H14ClNO. The van der Waals surface area contributed by atoms with Gasteiger partial charge in [0, 0.05) is 17.6 Å². The normalized spacial score (nSPS) is 10.2. The van der Waals surface area contributed by atoms with Gasteiger partial charge in [0.2, 0.25) is 0 Å². The monoisotopic (exact) mass is 247 g/mol. The summed E-state index contributed by atoms with van der Waals surface area (Å²) in [4.78, 5) is 4.33. The van der Waals surface area contributed by atoms with Crippen molar-refractivity contribution in [3.8, 4) is 17.0 Å². The molecule has 3 heteroatoms. The van der Waals surface area contributed by atoms with E-state index in [0.29, 0.717) is 12.5 Å². The van der Waals surface area contributed by atoms with E-state index in [1.165, 1.54) is 0 Å². The number of hydrogen-bond acceptors (Lipinski definition) is 2. The topological polar surface area (TPSA) is 22.1 Å². The Balaban J connectivity index is 2.26. The van der Waals surface area contributed by atoms with Crippen LogP contribution in [0.2, 0.25) is 0 Å². The van der Waals surface area contributed by atoms with Gasteiger partial charge in [0.25, 0.3) is 0 Å². The van der Waals surface area contributed by atoms with Crippen LogP contribution in [0.1, 0.15) is 12.5 Å². The Bertz CT molecular complexity index is 482. The number of rotatable bonds is 4. The minimum absolute atomic E-state index is 0.506. The van der Waals surface area contributed by atoms with Gasteiger partial charge < -0.3 is 4.74 Å². The van der Waals surface area contributed by atoms with Crippen LogP contribution < -0.4 is 4.74 Å². The Labute approximate surface area is 106 Å². The summed E-state index contributed by atoms with van der Waals surface area (Å²) in [5, 5.41) is 0. The molecule has 0 aliphatic carbocycles. The van der Waals surface area contributed by atoms with Gasteiger partial charge in [0.1, 0.15) is 5.75 Å². The average Bonchev–Trinajstić information content (AvgIpc) is 2.40. The van der Waals surface area contributed by atoms with E-state index in [9.17, 15) is 0 Å². The Hall–Kier alpha value is -1.54. The largest absolute Gasteiger partial charge is 0.494 e. The molecule has 1 heterocycles. The molecule has 0 bridgehead atoms. The highest BCUT2D eigenvalue weighted by Gasteiger charge is 2.01. The van der Waals surface area contributed by atoms with Gasteiger partial charge in [-0.2, -0.15) is 0 Å². The van der Waals surface area contributed by atoms with Crippen molar-refractivity contribution < 1.29 is 4.74 Å². The lowest BCUT2D eigenvalue weighted by Gasteiger charge is -2.05. The van der Waals surface area contributed by atoms with Crippen LogP contribution in [0.4, 0.5) is 0 Å². The summed E-state index contributed by atoms with van der Waals surface area (Å²) < 4.78 is 5.40. The number of benzene rings is 1. The van der Waals surface area contributed by atoms with E-state index in [-0.39, 0.29) is 0 Å². The molecule has 0 spiro atoms. The van der Waals surface area contributed by atoms with E-state index in [2.05, 4.69) is 4.98 Å². The maximum Gasteiger partial charge on any atom is 0.119 e. The maximum atomic E-state index is 5.81. The van der Waals surface area contributed by atoms with Crippen LogP contribution in [0.25, 0.3) is 11.3 Å². The third-order valence-electron chi connectivity index (χ3n) is 2.44. The smallest absolute Gasteiger partial charge is 0.119 e. The van der Waals surface area contributed by atoms with E-state index >= 15 is 0 Å². The van der Waals surface area contributed by atoms with Gasteiger partial charge in [0.05, 0.1) is 12.3 Å². The molecule has 0 atom stereocenters. The molecular weight excluding hydrogens is 234 g/mol. The number of pyridine rings is 1. The molecule has 0 saturated heterocycles. The second-order valence-corrected chi connectivity index (χ2v) is 3.91. The fourth-order valence-electron chi connectivity index (χ4n) is 1.60. The van der Waals surface area contributed by atoms with Gasteiger partial charge in [-0.15, -0.1) is 11.6 Å². The van der Waals surface area contributed by atoms with Crippen LogP contribution in [0.15, 0.2) is 42.6 Å². The summed E-state index contributed by atoms with van der Waals surface area (Å²) >= 11 is 5.81. The lowest BCUT2D eigenvalue weighted by Crippen LogP contribution is -1.91. The molecule has 2 rings (SSSR count). The van der Waals surface area contributed by atoms with Gasteiger partial charge in [-0.25, -0.2) is 0 Å². The molecule has 0 saturated carbocycles. The number of halogens is 1. The molecule has 1 aromatic carbocycles. The van der Waals surface area contributed by atoms with Crippen molar-refractivity contribution in [2.45, 2.75) is 12.8 Å². The first-order valence-electron chi connectivity index (χ1n) is 5.57. The first-order valence-corrected chi connectivity index (χ1v) is 6.11. The summed E-state index contributed by atoms with van der Waals surface area (Å²) in [5.74, 6) is 1.39. The average molecular weight is 248 g/mol. The zero-order valence-corrected chi connectivity index (χ0v) is 10.4. The first-order chi connectivity index (χ1) is 8.33. The summed E-state index contributed by atoms with van der Waals surface area (Å²) in [7, 11) is 0. The van der Waals surface area contributed by atoms with Gasteiger partial charge in [0.15, 0.2) is 0 Å². The zero-order chi connectivity index (χ0) is 12.1. The fourth-order valence-corrected chi connectivity index (χ4v) is 1.77. The lowest BCUT2D eigenvalue weighted by molar-refractivity contribution is 0.340. The van der Waals surface area contributed by atoms with Crippen molar-refractivity contribution in [1.29, 1.82) is 0 Å². The third kappa shape index (κ3) is 2.98. The van der Waals surface area contributed by atoms with Crippen molar-refractivity contribution in [3.05, 3.63) is 48.2 Å². The highest BCUT2D eigenvalue weighted by molar-refractivity contribution is 6.17. The second-order valence-electron chi connectivity index (χ2n) is 3.64. The van der Waals surface area contributed by atoms with E-state index in [1.807, 2.05) is 43.3 Å². The summed E-state index contributed by atoms with van der Waals surface area (Å²) in [6, 6.07) is 11.8. The highest BCUT2D eigenvalue weighted by atomic mass is 35.5. The van der Waals surface area contributed by atoms with Gasteiger partial charge in [-0.1, -0.05) is 0 Å². The van der Waals surface area contributed by atoms with Crippen LogP contribution in [0.5, 0.6) is 5.75 Å². The molecule has 0 N–H and O–H groups in total. The fraction of sp³-hybridized carbons (Fsp3) is 0.214. The van der Waals surface area contributed by atoms with Crippen molar-refractivity contribution in [1.82, 2.24) is 4.98 Å². The SMILES string of the molecule is CCOc1ccc(-c2cc(CCl)ccn2)cc1. The van der Waals surface area contributed by atoms with Gasteiger partial charge >= 0.3 is 0 Å². The van der Waals surface area contributed by atoms with Crippen molar-refractivity contribution in [3.63, 3.8) is 0 Å². The van der Waals surface area contributed by atoms with Crippen LogP contribution >= 0.6 is 11.6 Å². The Kier molecular flexibility index (Phi) is 3.99. The summed E-state index contributed by atoms with van der Waals surface area (Å²) in [6.07, 6.45) is 1.78. The Morgan fingerprint density at radius 1 is 1.18 bits per heavy atom. The Morgan fingerprint density at radius 3 is 2.59 bits per heavy atom. The highest BCUT2D eigenvalue weighted by Crippen LogP contribution is 2.21. The Morgan fingerprint density at radius 2 is 1.94 bits per heavy atom. The minimum Gasteiger partial charge on any atom is -0.494 e. The number of alkyl halides is 1. The lowest BCUT2D eigenvalue weighted by atomic mass is 10.1. The van der Waals surface area contributed by atoms with Crippen molar-refractivity contribution >= 4 is 11.6 Å². The molecule has 0 fully saturated rings. The molecule has 0 radical (unpaired) electrons. The van der Waals surface area contributed by atoms with Crippen LogP contribution in [-0.2, 0) is 5.88 Å². The predicted molar refractivity (Wildman–Crippen MR) is 70.4 cm³/mol. The zero-order valence-electron chi connectivity index (χ0n) is 9.69. The molecule has 0 aliphatic heterocycles. The molecule has 0 aliphatic rings. The quantitative estimate of drug-likeness (QED) is 0.765. The molecule has 0 amide bonds. The predicted octanol–water partition coefficient (Wildman–Crippen LogP) is 3.89. The van der Waals surface area contributed by atoms with E-state index in [1.54, 1.807) is 6.20 Å². The number of nitrogens with zero attached hydrogens (tertiary/aromatic N) is 1. The summed E-state index contributed by atoms with van der Waals surface area (Å²) in [5.41, 5.74) is 3.08. The molecule has 1 aromatic heterocycles. The molecule has 0 unspecified atom stereocenters. The first kappa shape index (κ1) is 11.9. The number of hydrogen-bond donors (Lipinski definition) is 0. The number of aromatic nitrogens is 1.